The molecule has 2 aromatic carbocycles. The van der Waals surface area contributed by atoms with Crippen molar-refractivity contribution in [3.05, 3.63) is 62.6 Å². The van der Waals surface area contributed by atoms with Crippen LogP contribution in [0.25, 0.3) is 12.2 Å². The van der Waals surface area contributed by atoms with Crippen molar-refractivity contribution in [1.29, 1.82) is 0 Å². The van der Waals surface area contributed by atoms with Crippen LogP contribution in [0.4, 0.5) is 10.5 Å². The molecule has 2 aromatic rings. The number of rotatable bonds is 4. The number of halogens is 2. The number of hydrogen-bond acceptors (Lipinski definition) is 2. The molecule has 0 aliphatic rings. The summed E-state index contributed by atoms with van der Waals surface area (Å²) in [5, 5.41) is 11.6. The van der Waals surface area contributed by atoms with Crippen molar-refractivity contribution in [3.63, 3.8) is 0 Å². The monoisotopic (exact) mass is 379 g/mol. The number of nitrogens with one attached hydrogen (secondary N) is 1. The van der Waals surface area contributed by atoms with Crippen LogP contribution in [0, 0.1) is 0 Å². The molecule has 0 aliphatic heterocycles. The normalized spacial score (nSPS) is 10.6. The Labute approximate surface area is 140 Å². The lowest BCUT2D eigenvalue weighted by Gasteiger charge is -2.06. The first-order chi connectivity index (χ1) is 10.5. The van der Waals surface area contributed by atoms with E-state index in [4.69, 9.17) is 16.7 Å². The molecule has 0 saturated carbocycles. The quantitative estimate of drug-likeness (QED) is 0.567. The topological polar surface area (TPSA) is 66.4 Å². The second-order valence-corrected chi connectivity index (χ2v) is 5.63. The predicted octanol–water partition coefficient (Wildman–Crippen LogP) is 5.18. The van der Waals surface area contributed by atoms with Crippen molar-refractivity contribution < 1.29 is 14.7 Å². The molecule has 0 bridgehead atoms. The largest absolute Gasteiger partial charge is 0.465 e. The van der Waals surface area contributed by atoms with Gasteiger partial charge >= 0.3 is 6.09 Å². The number of carbonyl (C=O) groups excluding carboxylic acids is 1. The number of carbonyl (C=O) groups is 2. The highest BCUT2D eigenvalue weighted by molar-refractivity contribution is 9.10. The summed E-state index contributed by atoms with van der Waals surface area (Å²) in [4.78, 5) is 21.9. The lowest BCUT2D eigenvalue weighted by molar-refractivity contribution is 0.112. The van der Waals surface area contributed by atoms with Gasteiger partial charge < -0.3 is 5.11 Å². The molecule has 2 rings (SSSR count). The van der Waals surface area contributed by atoms with E-state index in [9.17, 15) is 9.59 Å². The van der Waals surface area contributed by atoms with Crippen molar-refractivity contribution in [3.8, 4) is 0 Å². The number of benzene rings is 2. The number of carboxylic acid groups (broad SMARTS) is 1. The van der Waals surface area contributed by atoms with Crippen molar-refractivity contribution in [1.82, 2.24) is 0 Å². The van der Waals surface area contributed by atoms with Gasteiger partial charge in [0.05, 0.1) is 10.7 Å². The van der Waals surface area contributed by atoms with Crippen molar-refractivity contribution >= 4 is 57.7 Å². The SMILES string of the molecule is O=Cc1cc(Br)c(Cl)cc1/C=C/c1ccccc1NC(=O)O. The second kappa shape index (κ2) is 7.24. The number of hydrogen-bond donors (Lipinski definition) is 2. The molecule has 0 radical (unpaired) electrons. The third-order valence-electron chi connectivity index (χ3n) is 2.90. The highest BCUT2D eigenvalue weighted by Gasteiger charge is 2.06. The first-order valence-corrected chi connectivity index (χ1v) is 7.39. The molecule has 0 fully saturated rings. The summed E-state index contributed by atoms with van der Waals surface area (Å²) in [5.74, 6) is 0. The van der Waals surface area contributed by atoms with Gasteiger partial charge in [0.2, 0.25) is 0 Å². The van der Waals surface area contributed by atoms with E-state index in [1.165, 1.54) is 0 Å². The highest BCUT2D eigenvalue weighted by atomic mass is 79.9. The van der Waals surface area contributed by atoms with E-state index in [2.05, 4.69) is 21.2 Å². The smallest absolute Gasteiger partial charge is 0.409 e. The lowest BCUT2D eigenvalue weighted by atomic mass is 10.1. The molecule has 4 nitrogen and oxygen atoms in total. The first kappa shape index (κ1) is 16.3. The maximum Gasteiger partial charge on any atom is 0.409 e. The zero-order valence-corrected chi connectivity index (χ0v) is 13.6. The molecule has 0 heterocycles. The zero-order chi connectivity index (χ0) is 16.1. The molecule has 1 amide bonds. The Kier molecular flexibility index (Phi) is 5.35. The van der Waals surface area contributed by atoms with Crippen molar-refractivity contribution in [2.24, 2.45) is 0 Å². The number of para-hydroxylation sites is 1. The molecular formula is C16H11BrClNO3. The fourth-order valence-electron chi connectivity index (χ4n) is 1.87. The van der Waals surface area contributed by atoms with E-state index in [-0.39, 0.29) is 0 Å². The van der Waals surface area contributed by atoms with E-state index in [0.29, 0.717) is 31.9 Å². The van der Waals surface area contributed by atoms with Gasteiger partial charge in [-0.05, 0) is 45.3 Å². The zero-order valence-electron chi connectivity index (χ0n) is 11.2. The van der Waals surface area contributed by atoms with Crippen molar-refractivity contribution in [2.75, 3.05) is 5.32 Å². The molecule has 0 saturated heterocycles. The Morgan fingerprint density at radius 2 is 1.82 bits per heavy atom. The van der Waals surface area contributed by atoms with Gasteiger partial charge in [0, 0.05) is 10.0 Å². The summed E-state index contributed by atoms with van der Waals surface area (Å²) in [5.41, 5.74) is 2.27. The van der Waals surface area contributed by atoms with Gasteiger partial charge in [-0.1, -0.05) is 42.0 Å². The molecule has 0 unspecified atom stereocenters. The van der Waals surface area contributed by atoms with E-state index in [0.717, 1.165) is 6.29 Å². The van der Waals surface area contributed by atoms with Gasteiger partial charge in [-0.3, -0.25) is 10.1 Å². The Balaban J connectivity index is 2.39. The molecule has 0 aromatic heterocycles. The minimum Gasteiger partial charge on any atom is -0.465 e. The Bertz CT molecular complexity index is 759. The second-order valence-electron chi connectivity index (χ2n) is 4.36. The molecule has 6 heteroatoms. The van der Waals surface area contributed by atoms with Crippen LogP contribution in [0.2, 0.25) is 5.02 Å². The third kappa shape index (κ3) is 3.96. The molecule has 112 valence electrons. The molecule has 0 spiro atoms. The van der Waals surface area contributed by atoms with E-state index < -0.39 is 6.09 Å². The minimum atomic E-state index is -1.14. The van der Waals surface area contributed by atoms with Gasteiger partial charge in [-0.2, -0.15) is 0 Å². The average molecular weight is 381 g/mol. The average Bonchev–Trinajstić information content (AvgIpc) is 2.48. The van der Waals surface area contributed by atoms with E-state index >= 15 is 0 Å². The maximum absolute atomic E-state index is 11.1. The number of anilines is 1. The van der Waals surface area contributed by atoms with Crippen LogP contribution in [0.15, 0.2) is 40.9 Å². The Morgan fingerprint density at radius 1 is 1.14 bits per heavy atom. The van der Waals surface area contributed by atoms with E-state index in [1.807, 2.05) is 0 Å². The number of amides is 1. The molecular weight excluding hydrogens is 370 g/mol. The summed E-state index contributed by atoms with van der Waals surface area (Å²) < 4.78 is 0.640. The third-order valence-corrected chi connectivity index (χ3v) is 4.09. The van der Waals surface area contributed by atoms with Crippen LogP contribution in [0.1, 0.15) is 21.5 Å². The fraction of sp³-hybridized carbons (Fsp3) is 0. The van der Waals surface area contributed by atoms with Gasteiger partial charge in [-0.25, -0.2) is 4.79 Å². The summed E-state index contributed by atoms with van der Waals surface area (Å²) in [6, 6.07) is 10.2. The predicted molar refractivity (Wildman–Crippen MR) is 91.6 cm³/mol. The molecule has 0 atom stereocenters. The van der Waals surface area contributed by atoms with Gasteiger partial charge in [-0.15, -0.1) is 0 Å². The van der Waals surface area contributed by atoms with Crippen LogP contribution in [-0.4, -0.2) is 17.5 Å². The van der Waals surface area contributed by atoms with Crippen molar-refractivity contribution in [2.45, 2.75) is 0 Å². The van der Waals surface area contributed by atoms with Crippen LogP contribution in [0.5, 0.6) is 0 Å². The van der Waals surface area contributed by atoms with Gasteiger partial charge in [0.25, 0.3) is 0 Å². The standard InChI is InChI=1S/C16H11BrClNO3/c17-13-7-12(9-20)11(8-14(13)18)6-5-10-3-1-2-4-15(10)19-16(21)22/h1-9,19H,(H,21,22)/b6-5+. The summed E-state index contributed by atoms with van der Waals surface area (Å²) in [6.07, 6.45) is 3.03. The lowest BCUT2D eigenvalue weighted by Crippen LogP contribution is -2.08. The van der Waals surface area contributed by atoms with Crippen LogP contribution < -0.4 is 5.32 Å². The molecule has 0 aliphatic carbocycles. The van der Waals surface area contributed by atoms with Crippen LogP contribution in [0.3, 0.4) is 0 Å². The summed E-state index contributed by atoms with van der Waals surface area (Å²) in [7, 11) is 0. The highest BCUT2D eigenvalue weighted by Crippen LogP contribution is 2.27. The summed E-state index contributed by atoms with van der Waals surface area (Å²) >= 11 is 9.30. The Hall–Kier alpha value is -2.11. The van der Waals surface area contributed by atoms with Gasteiger partial charge in [0.1, 0.15) is 0 Å². The van der Waals surface area contributed by atoms with E-state index in [1.54, 1.807) is 48.6 Å². The van der Waals surface area contributed by atoms with Gasteiger partial charge in [0.15, 0.2) is 6.29 Å². The Morgan fingerprint density at radius 3 is 2.50 bits per heavy atom. The fourth-order valence-corrected chi connectivity index (χ4v) is 2.41. The molecule has 2 N–H and O–H groups in total. The minimum absolute atomic E-state index is 0.460. The number of aldehydes is 1. The summed E-state index contributed by atoms with van der Waals surface area (Å²) in [6.45, 7) is 0. The first-order valence-electron chi connectivity index (χ1n) is 6.22. The van der Waals surface area contributed by atoms with Crippen LogP contribution >= 0.6 is 27.5 Å². The molecule has 22 heavy (non-hydrogen) atoms. The van der Waals surface area contributed by atoms with Crippen LogP contribution in [-0.2, 0) is 0 Å². The maximum atomic E-state index is 11.1.